The molecule has 0 aliphatic heterocycles. The van der Waals surface area contributed by atoms with E-state index < -0.39 is 19.4 Å². The summed E-state index contributed by atoms with van der Waals surface area (Å²) in [6, 6.07) is 21.0. The average molecular weight is 417 g/mol. The third kappa shape index (κ3) is 5.09. The molecule has 0 radical (unpaired) electrons. The van der Waals surface area contributed by atoms with Crippen LogP contribution in [0.1, 0.15) is 27.7 Å². The van der Waals surface area contributed by atoms with Gasteiger partial charge in [-0.3, -0.25) is 0 Å². The lowest BCUT2D eigenvalue weighted by Crippen LogP contribution is -2.67. The summed E-state index contributed by atoms with van der Waals surface area (Å²) < 4.78 is 27.5. The van der Waals surface area contributed by atoms with Gasteiger partial charge in [0.05, 0.1) is 5.75 Å². The zero-order chi connectivity index (χ0) is 20.8. The second-order valence-electron chi connectivity index (χ2n) is 8.34. The van der Waals surface area contributed by atoms with Crippen molar-refractivity contribution >= 4 is 29.8 Å². The fraction of sp³-hybridized carbons (Fsp3) is 0.391. The third-order valence-corrected chi connectivity index (χ3v) is 11.2. The van der Waals surface area contributed by atoms with Crippen LogP contribution in [0.2, 0.25) is 5.04 Å². The molecule has 3 nitrogen and oxygen atoms in total. The standard InChI is InChI=1S/C23H32O3SSi/c1-6-20(19(2)18-27(24)25)17-26-28(23(3,4)5,21-13-9-7-10-14-21)22-15-11-8-12-16-22/h6-16,19-20H,1,17-18H2,2-5H3,(H,24,25)/t19-,20-/m1/s1. The van der Waals surface area contributed by atoms with Gasteiger partial charge in [-0.1, -0.05) is 94.4 Å². The Labute approximate surface area is 173 Å². The molecule has 0 fully saturated rings. The number of rotatable bonds is 9. The molecule has 2 rings (SSSR count). The van der Waals surface area contributed by atoms with Crippen molar-refractivity contribution in [2.75, 3.05) is 12.4 Å². The van der Waals surface area contributed by atoms with E-state index in [0.29, 0.717) is 6.61 Å². The van der Waals surface area contributed by atoms with E-state index >= 15 is 0 Å². The van der Waals surface area contributed by atoms with Gasteiger partial charge in [-0.15, -0.1) is 6.58 Å². The quantitative estimate of drug-likeness (QED) is 0.378. The van der Waals surface area contributed by atoms with Crippen molar-refractivity contribution in [3.8, 4) is 0 Å². The normalized spacial score (nSPS) is 15.6. The van der Waals surface area contributed by atoms with Crippen LogP contribution < -0.4 is 10.4 Å². The van der Waals surface area contributed by atoms with Gasteiger partial charge in [0.2, 0.25) is 0 Å². The lowest BCUT2D eigenvalue weighted by molar-refractivity contribution is 0.230. The molecule has 2 aromatic rings. The molecule has 0 aromatic heterocycles. The zero-order valence-electron chi connectivity index (χ0n) is 17.3. The van der Waals surface area contributed by atoms with Crippen LogP contribution in [-0.2, 0) is 15.5 Å². The van der Waals surface area contributed by atoms with E-state index in [0.717, 1.165) is 0 Å². The second kappa shape index (κ2) is 9.79. The molecule has 1 unspecified atom stereocenters. The van der Waals surface area contributed by atoms with Gasteiger partial charge in [0, 0.05) is 12.5 Å². The molecule has 0 saturated heterocycles. The maximum absolute atomic E-state index is 11.3. The van der Waals surface area contributed by atoms with E-state index in [4.69, 9.17) is 4.43 Å². The molecule has 0 saturated carbocycles. The first kappa shape index (κ1) is 22.8. The van der Waals surface area contributed by atoms with Crippen molar-refractivity contribution in [2.45, 2.75) is 32.7 Å². The fourth-order valence-electron chi connectivity index (χ4n) is 3.80. The summed E-state index contributed by atoms with van der Waals surface area (Å²) in [6.07, 6.45) is 1.86. The Kier molecular flexibility index (Phi) is 7.95. The summed E-state index contributed by atoms with van der Waals surface area (Å²) >= 11 is -1.82. The average Bonchev–Trinajstić information content (AvgIpc) is 2.65. The molecule has 0 bridgehead atoms. The van der Waals surface area contributed by atoms with E-state index in [1.165, 1.54) is 10.4 Å². The van der Waals surface area contributed by atoms with Crippen molar-refractivity contribution in [2.24, 2.45) is 11.8 Å². The minimum atomic E-state index is -2.60. The maximum atomic E-state index is 11.3. The van der Waals surface area contributed by atoms with Crippen LogP contribution in [0.15, 0.2) is 73.3 Å². The van der Waals surface area contributed by atoms with E-state index in [2.05, 4.69) is 75.9 Å². The lowest BCUT2D eigenvalue weighted by atomic mass is 9.97. The van der Waals surface area contributed by atoms with Gasteiger partial charge in [0.15, 0.2) is 11.1 Å². The molecule has 0 aliphatic rings. The topological polar surface area (TPSA) is 46.5 Å². The largest absolute Gasteiger partial charge is 0.407 e. The van der Waals surface area contributed by atoms with Crippen molar-refractivity contribution in [3.63, 3.8) is 0 Å². The minimum Gasteiger partial charge on any atom is -0.407 e. The monoisotopic (exact) mass is 416 g/mol. The molecule has 0 spiro atoms. The molecule has 0 amide bonds. The molecule has 2 aromatic carbocycles. The van der Waals surface area contributed by atoms with Gasteiger partial charge in [-0.25, -0.2) is 4.21 Å². The third-order valence-electron chi connectivity index (χ3n) is 5.35. The van der Waals surface area contributed by atoms with Gasteiger partial charge >= 0.3 is 0 Å². The first-order valence-electron chi connectivity index (χ1n) is 9.67. The lowest BCUT2D eigenvalue weighted by Gasteiger charge is -2.44. The van der Waals surface area contributed by atoms with Crippen LogP contribution in [0.4, 0.5) is 0 Å². The SMILES string of the molecule is C=C[C@H](CO[Si](c1ccccc1)(c1ccccc1)C(C)(C)C)[C@H](C)CS(=O)O. The molecule has 1 N–H and O–H groups in total. The predicted octanol–water partition coefficient (Wildman–Crippen LogP) is 4.22. The molecule has 3 atom stereocenters. The molecular formula is C23H32O3SSi. The fourth-order valence-corrected chi connectivity index (χ4v) is 9.09. The Morgan fingerprint density at radius 3 is 1.89 bits per heavy atom. The Morgan fingerprint density at radius 2 is 1.54 bits per heavy atom. The molecule has 152 valence electrons. The van der Waals surface area contributed by atoms with Gasteiger partial charge in [0.25, 0.3) is 8.32 Å². The van der Waals surface area contributed by atoms with Gasteiger partial charge in [-0.2, -0.15) is 0 Å². The van der Waals surface area contributed by atoms with Crippen LogP contribution >= 0.6 is 0 Å². The maximum Gasteiger partial charge on any atom is 0.261 e. The second-order valence-corrected chi connectivity index (χ2v) is 13.6. The summed E-state index contributed by atoms with van der Waals surface area (Å²) in [7, 11) is -2.60. The van der Waals surface area contributed by atoms with Crippen molar-refractivity contribution in [1.29, 1.82) is 0 Å². The molecule has 5 heteroatoms. The van der Waals surface area contributed by atoms with Crippen LogP contribution in [0.3, 0.4) is 0 Å². The smallest absolute Gasteiger partial charge is 0.261 e. The molecule has 0 heterocycles. The highest BCUT2D eigenvalue weighted by Gasteiger charge is 2.50. The van der Waals surface area contributed by atoms with E-state index in [-0.39, 0.29) is 22.6 Å². The number of benzene rings is 2. The first-order chi connectivity index (χ1) is 13.2. The van der Waals surface area contributed by atoms with E-state index in [9.17, 15) is 8.76 Å². The Bertz CT molecular complexity index is 732. The molecule has 0 aliphatic carbocycles. The molecular weight excluding hydrogens is 384 g/mol. The summed E-state index contributed by atoms with van der Waals surface area (Å²) in [5.74, 6) is 0.250. The van der Waals surface area contributed by atoms with Gasteiger partial charge in [0.1, 0.15) is 0 Å². The highest BCUT2D eigenvalue weighted by Crippen LogP contribution is 2.37. The van der Waals surface area contributed by atoms with Crippen LogP contribution in [-0.4, -0.2) is 29.4 Å². The number of hydrogen-bond donors (Lipinski definition) is 1. The van der Waals surface area contributed by atoms with Crippen LogP contribution in [0, 0.1) is 11.8 Å². The first-order valence-corrected chi connectivity index (χ1v) is 12.9. The van der Waals surface area contributed by atoms with Gasteiger partial charge < -0.3 is 8.98 Å². The van der Waals surface area contributed by atoms with Crippen molar-refractivity contribution in [1.82, 2.24) is 0 Å². The minimum absolute atomic E-state index is 0.0118. The summed E-state index contributed by atoms with van der Waals surface area (Å²) in [6.45, 7) is 13.1. The summed E-state index contributed by atoms with van der Waals surface area (Å²) in [4.78, 5) is 0. The number of hydrogen-bond acceptors (Lipinski definition) is 2. The van der Waals surface area contributed by atoms with Crippen molar-refractivity contribution < 1.29 is 13.2 Å². The molecule has 28 heavy (non-hydrogen) atoms. The van der Waals surface area contributed by atoms with E-state index in [1.807, 2.05) is 25.1 Å². The van der Waals surface area contributed by atoms with Crippen LogP contribution in [0.25, 0.3) is 0 Å². The zero-order valence-corrected chi connectivity index (χ0v) is 19.1. The van der Waals surface area contributed by atoms with Crippen LogP contribution in [0.5, 0.6) is 0 Å². The Morgan fingerprint density at radius 1 is 1.07 bits per heavy atom. The summed E-state index contributed by atoms with van der Waals surface area (Å²) in [5, 5.41) is 2.37. The van der Waals surface area contributed by atoms with Gasteiger partial charge in [-0.05, 0) is 21.3 Å². The van der Waals surface area contributed by atoms with Crippen molar-refractivity contribution in [3.05, 3.63) is 73.3 Å². The predicted molar refractivity (Wildman–Crippen MR) is 122 cm³/mol. The highest BCUT2D eigenvalue weighted by molar-refractivity contribution is 7.79. The summed E-state index contributed by atoms with van der Waals surface area (Å²) in [5.41, 5.74) is 0. The highest BCUT2D eigenvalue weighted by atomic mass is 32.2. The Balaban J connectivity index is 2.49. The van der Waals surface area contributed by atoms with E-state index in [1.54, 1.807) is 0 Å². The Hall–Kier alpha value is -1.53.